The largest absolute Gasteiger partial charge is 0.466 e. The molecule has 2 rings (SSSR count). The van der Waals surface area contributed by atoms with Gasteiger partial charge >= 0.3 is 5.97 Å². The van der Waals surface area contributed by atoms with Crippen molar-refractivity contribution in [2.24, 2.45) is 11.3 Å². The van der Waals surface area contributed by atoms with E-state index >= 15 is 0 Å². The minimum atomic E-state index is -3.31. The zero-order valence-corrected chi connectivity index (χ0v) is 14.2. The Hall–Kier alpha value is -1.15. The molecule has 22 heavy (non-hydrogen) atoms. The fourth-order valence-electron chi connectivity index (χ4n) is 3.55. The molecule has 2 atom stereocenters. The minimum absolute atomic E-state index is 0.0948. The number of amides is 1. The zero-order chi connectivity index (χ0) is 16.5. The molecule has 2 aliphatic heterocycles. The summed E-state index contributed by atoms with van der Waals surface area (Å²) in [6.07, 6.45) is 2.32. The van der Waals surface area contributed by atoms with Crippen LogP contribution in [0.4, 0.5) is 0 Å². The highest BCUT2D eigenvalue weighted by Crippen LogP contribution is 2.44. The molecule has 1 amide bonds. The van der Waals surface area contributed by atoms with Gasteiger partial charge in [0.05, 0.1) is 18.3 Å². The molecule has 2 aliphatic rings. The fourth-order valence-corrected chi connectivity index (χ4v) is 4.46. The standard InChI is InChI=1S/C14H24N2O5S/c1-4-21-13(18)14-6-5-7-16(22(3,19)20)9-12(14)8-15(10-14)11(2)17/h12H,4-10H2,1-3H3/t12-,14+/m1/s1. The Morgan fingerprint density at radius 3 is 2.55 bits per heavy atom. The van der Waals surface area contributed by atoms with Gasteiger partial charge in [-0.15, -0.1) is 0 Å². The van der Waals surface area contributed by atoms with Gasteiger partial charge in [0.15, 0.2) is 0 Å². The van der Waals surface area contributed by atoms with E-state index in [9.17, 15) is 18.0 Å². The third kappa shape index (κ3) is 3.12. The predicted molar refractivity (Wildman–Crippen MR) is 80.5 cm³/mol. The first kappa shape index (κ1) is 17.2. The third-order valence-electron chi connectivity index (χ3n) is 4.75. The van der Waals surface area contributed by atoms with Crippen molar-refractivity contribution in [2.45, 2.75) is 26.7 Å². The highest BCUT2D eigenvalue weighted by atomic mass is 32.2. The van der Waals surface area contributed by atoms with E-state index in [4.69, 9.17) is 4.74 Å². The summed E-state index contributed by atoms with van der Waals surface area (Å²) < 4.78 is 30.4. The molecule has 2 saturated heterocycles. The molecule has 7 nitrogen and oxygen atoms in total. The van der Waals surface area contributed by atoms with Crippen LogP contribution in [0.2, 0.25) is 0 Å². The molecule has 0 unspecified atom stereocenters. The number of ether oxygens (including phenoxy) is 1. The van der Waals surface area contributed by atoms with Gasteiger partial charge < -0.3 is 9.64 Å². The van der Waals surface area contributed by atoms with Crippen molar-refractivity contribution in [3.8, 4) is 0 Å². The first-order valence-corrected chi connectivity index (χ1v) is 9.43. The molecule has 0 radical (unpaired) electrons. The van der Waals surface area contributed by atoms with Gasteiger partial charge in [0, 0.05) is 39.0 Å². The van der Waals surface area contributed by atoms with Crippen LogP contribution >= 0.6 is 0 Å². The Morgan fingerprint density at radius 1 is 1.32 bits per heavy atom. The van der Waals surface area contributed by atoms with Gasteiger partial charge in [-0.05, 0) is 19.8 Å². The van der Waals surface area contributed by atoms with Gasteiger partial charge in [0.25, 0.3) is 0 Å². The van der Waals surface area contributed by atoms with Crippen LogP contribution in [0.15, 0.2) is 0 Å². The normalized spacial score (nSPS) is 29.8. The number of fused-ring (bicyclic) bond motifs is 1. The number of hydrogen-bond acceptors (Lipinski definition) is 5. The first-order valence-electron chi connectivity index (χ1n) is 7.58. The van der Waals surface area contributed by atoms with Crippen LogP contribution in [0.25, 0.3) is 0 Å². The molecule has 0 aromatic carbocycles. The van der Waals surface area contributed by atoms with Crippen LogP contribution < -0.4 is 0 Å². The van der Waals surface area contributed by atoms with Gasteiger partial charge in [-0.3, -0.25) is 9.59 Å². The lowest BCUT2D eigenvalue weighted by atomic mass is 9.75. The molecule has 0 bridgehead atoms. The average Bonchev–Trinajstić information content (AvgIpc) is 2.67. The molecule has 126 valence electrons. The lowest BCUT2D eigenvalue weighted by Gasteiger charge is -2.30. The van der Waals surface area contributed by atoms with Crippen LogP contribution in [-0.2, 0) is 24.3 Å². The minimum Gasteiger partial charge on any atom is -0.466 e. The van der Waals surface area contributed by atoms with Crippen molar-refractivity contribution in [3.05, 3.63) is 0 Å². The number of esters is 1. The summed E-state index contributed by atoms with van der Waals surface area (Å²) in [5, 5.41) is 0. The zero-order valence-electron chi connectivity index (χ0n) is 13.4. The number of hydrogen-bond donors (Lipinski definition) is 0. The molecule has 0 aliphatic carbocycles. The molecular weight excluding hydrogens is 308 g/mol. The molecule has 0 spiro atoms. The highest BCUT2D eigenvalue weighted by Gasteiger charge is 2.55. The van der Waals surface area contributed by atoms with E-state index in [1.165, 1.54) is 17.5 Å². The number of carbonyl (C=O) groups is 2. The van der Waals surface area contributed by atoms with Crippen LogP contribution in [0.1, 0.15) is 26.7 Å². The summed E-state index contributed by atoms with van der Waals surface area (Å²) in [4.78, 5) is 25.9. The van der Waals surface area contributed by atoms with Crippen LogP contribution in [0, 0.1) is 11.3 Å². The molecule has 8 heteroatoms. The summed E-state index contributed by atoms with van der Waals surface area (Å²) in [5.41, 5.74) is -0.777. The Morgan fingerprint density at radius 2 is 2.00 bits per heavy atom. The van der Waals surface area contributed by atoms with Crippen LogP contribution in [0.3, 0.4) is 0 Å². The summed E-state index contributed by atoms with van der Waals surface area (Å²) in [6, 6.07) is 0. The quantitative estimate of drug-likeness (QED) is 0.683. The van der Waals surface area contributed by atoms with E-state index in [1.54, 1.807) is 11.8 Å². The molecule has 0 saturated carbocycles. The predicted octanol–water partition coefficient (Wildman–Crippen LogP) is 0.0696. The van der Waals surface area contributed by atoms with Gasteiger partial charge in [0.1, 0.15) is 0 Å². The van der Waals surface area contributed by atoms with E-state index in [1.807, 2.05) is 0 Å². The maximum atomic E-state index is 12.6. The molecule has 2 heterocycles. The van der Waals surface area contributed by atoms with Crippen molar-refractivity contribution in [2.75, 3.05) is 39.0 Å². The topological polar surface area (TPSA) is 84.0 Å². The van der Waals surface area contributed by atoms with Gasteiger partial charge in [-0.2, -0.15) is 0 Å². The van der Waals surface area contributed by atoms with Crippen molar-refractivity contribution in [1.29, 1.82) is 0 Å². The maximum absolute atomic E-state index is 12.6. The van der Waals surface area contributed by atoms with E-state index in [2.05, 4.69) is 0 Å². The maximum Gasteiger partial charge on any atom is 0.314 e. The summed E-state index contributed by atoms with van der Waals surface area (Å²) in [5.74, 6) is -0.616. The Labute approximate surface area is 131 Å². The molecule has 0 aromatic rings. The van der Waals surface area contributed by atoms with Gasteiger partial charge in [0.2, 0.25) is 15.9 Å². The fraction of sp³-hybridized carbons (Fsp3) is 0.857. The number of rotatable bonds is 3. The summed E-state index contributed by atoms with van der Waals surface area (Å²) in [6.45, 7) is 4.91. The van der Waals surface area contributed by atoms with Crippen LogP contribution in [-0.4, -0.2) is 68.5 Å². The Kier molecular flexibility index (Phi) is 4.81. The second kappa shape index (κ2) is 6.16. The second-order valence-corrected chi connectivity index (χ2v) is 8.18. The molecule has 0 N–H and O–H groups in total. The lowest BCUT2D eigenvalue weighted by molar-refractivity contribution is -0.157. The number of nitrogens with zero attached hydrogens (tertiary/aromatic N) is 2. The number of sulfonamides is 1. The number of carbonyl (C=O) groups excluding carboxylic acids is 2. The second-order valence-electron chi connectivity index (χ2n) is 6.20. The third-order valence-corrected chi connectivity index (χ3v) is 6.02. The first-order chi connectivity index (χ1) is 10.2. The smallest absolute Gasteiger partial charge is 0.314 e. The van der Waals surface area contributed by atoms with E-state index in [0.29, 0.717) is 32.5 Å². The molecule has 0 aromatic heterocycles. The van der Waals surface area contributed by atoms with E-state index < -0.39 is 15.4 Å². The lowest BCUT2D eigenvalue weighted by Crippen LogP contribution is -2.43. The van der Waals surface area contributed by atoms with Crippen molar-refractivity contribution in [3.63, 3.8) is 0 Å². The molecular formula is C14H24N2O5S. The SMILES string of the molecule is CCOC(=O)[C@]12CCCN(S(C)(=O)=O)C[C@H]1CN(C(C)=O)C2. The van der Waals surface area contributed by atoms with Gasteiger partial charge in [-0.1, -0.05) is 0 Å². The van der Waals surface area contributed by atoms with E-state index in [-0.39, 0.29) is 30.9 Å². The monoisotopic (exact) mass is 332 g/mol. The number of likely N-dealkylation sites (tertiary alicyclic amines) is 1. The summed E-state index contributed by atoms with van der Waals surface area (Å²) in [7, 11) is -3.31. The summed E-state index contributed by atoms with van der Waals surface area (Å²) >= 11 is 0. The van der Waals surface area contributed by atoms with E-state index in [0.717, 1.165) is 0 Å². The Bertz CT molecular complexity index is 562. The van der Waals surface area contributed by atoms with Gasteiger partial charge in [-0.25, -0.2) is 12.7 Å². The van der Waals surface area contributed by atoms with Crippen molar-refractivity contribution < 1.29 is 22.7 Å². The Balaban J connectivity index is 2.34. The molecule has 2 fully saturated rings. The van der Waals surface area contributed by atoms with Crippen LogP contribution in [0.5, 0.6) is 0 Å². The highest BCUT2D eigenvalue weighted by molar-refractivity contribution is 7.88. The average molecular weight is 332 g/mol. The van der Waals surface area contributed by atoms with Crippen molar-refractivity contribution in [1.82, 2.24) is 9.21 Å². The van der Waals surface area contributed by atoms with Crippen molar-refractivity contribution >= 4 is 21.9 Å².